The van der Waals surface area contributed by atoms with Crippen LogP contribution in [0.2, 0.25) is 0 Å². The molecule has 1 saturated heterocycles. The fourth-order valence-corrected chi connectivity index (χ4v) is 5.91. The predicted molar refractivity (Wildman–Crippen MR) is 120 cm³/mol. The minimum atomic E-state index is -3.82. The number of aryl methyl sites for hydroxylation is 2. The highest BCUT2D eigenvalue weighted by atomic mass is 32.2. The van der Waals surface area contributed by atoms with E-state index >= 15 is 0 Å². The third kappa shape index (κ3) is 4.63. The van der Waals surface area contributed by atoms with Crippen molar-refractivity contribution in [1.29, 1.82) is 0 Å². The number of ether oxygens (including phenoxy) is 1. The van der Waals surface area contributed by atoms with Crippen molar-refractivity contribution in [2.45, 2.75) is 38.1 Å². The number of fused-ring (bicyclic) bond motifs is 1. The Bertz CT molecular complexity index is 1160. The number of sulfonamides is 1. The molecule has 1 atom stereocenters. The molecule has 32 heavy (non-hydrogen) atoms. The number of hydrogen-bond donors (Lipinski definition) is 2. The van der Waals surface area contributed by atoms with Crippen molar-refractivity contribution in [2.24, 2.45) is 5.92 Å². The fourth-order valence-electron chi connectivity index (χ4n) is 4.16. The van der Waals surface area contributed by atoms with E-state index in [1.54, 1.807) is 13.0 Å². The molecule has 8 nitrogen and oxygen atoms in total. The van der Waals surface area contributed by atoms with Crippen molar-refractivity contribution >= 4 is 27.5 Å². The highest BCUT2D eigenvalue weighted by Gasteiger charge is 2.35. The summed E-state index contributed by atoms with van der Waals surface area (Å²) in [6.45, 7) is 4.44. The number of benzene rings is 2. The predicted octanol–water partition coefficient (Wildman–Crippen LogP) is 2.35. The van der Waals surface area contributed by atoms with Crippen LogP contribution in [0, 0.1) is 19.8 Å². The average Bonchev–Trinajstić information content (AvgIpc) is 2.77. The lowest BCUT2D eigenvalue weighted by molar-refractivity contribution is -0.126. The van der Waals surface area contributed by atoms with Crippen molar-refractivity contribution in [3.63, 3.8) is 0 Å². The van der Waals surface area contributed by atoms with Gasteiger partial charge in [0.15, 0.2) is 6.61 Å². The number of piperidine rings is 1. The van der Waals surface area contributed by atoms with Gasteiger partial charge < -0.3 is 15.4 Å². The van der Waals surface area contributed by atoms with Crippen molar-refractivity contribution in [2.75, 3.05) is 25.0 Å². The highest BCUT2D eigenvalue weighted by Crippen LogP contribution is 2.35. The summed E-state index contributed by atoms with van der Waals surface area (Å²) in [4.78, 5) is 24.4. The van der Waals surface area contributed by atoms with Gasteiger partial charge in [-0.3, -0.25) is 9.59 Å². The zero-order valence-corrected chi connectivity index (χ0v) is 19.0. The van der Waals surface area contributed by atoms with Gasteiger partial charge in [-0.15, -0.1) is 0 Å². The first kappa shape index (κ1) is 22.3. The van der Waals surface area contributed by atoms with Crippen molar-refractivity contribution in [1.82, 2.24) is 9.62 Å². The molecule has 0 spiro atoms. The van der Waals surface area contributed by atoms with Crippen LogP contribution in [-0.4, -0.2) is 44.2 Å². The molecule has 4 rings (SSSR count). The summed E-state index contributed by atoms with van der Waals surface area (Å²) in [6.07, 6.45) is 1.25. The first-order valence-corrected chi connectivity index (χ1v) is 12.1. The van der Waals surface area contributed by atoms with Gasteiger partial charge in [-0.25, -0.2) is 8.42 Å². The van der Waals surface area contributed by atoms with Gasteiger partial charge in [0.05, 0.1) is 16.5 Å². The van der Waals surface area contributed by atoms with Crippen LogP contribution >= 0.6 is 0 Å². The first-order chi connectivity index (χ1) is 15.2. The maximum absolute atomic E-state index is 13.4. The summed E-state index contributed by atoms with van der Waals surface area (Å²) in [5.74, 6) is -0.488. The molecule has 1 unspecified atom stereocenters. The van der Waals surface area contributed by atoms with Gasteiger partial charge in [-0.2, -0.15) is 4.31 Å². The van der Waals surface area contributed by atoms with Crippen LogP contribution in [-0.2, 0) is 26.2 Å². The van der Waals surface area contributed by atoms with Crippen molar-refractivity contribution in [3.8, 4) is 5.75 Å². The molecule has 2 aromatic carbocycles. The molecule has 2 amide bonds. The number of hydrogen-bond acceptors (Lipinski definition) is 5. The molecular weight excluding hydrogens is 430 g/mol. The maximum Gasteiger partial charge on any atom is 0.262 e. The fraction of sp³-hybridized carbons (Fsp3) is 0.391. The van der Waals surface area contributed by atoms with E-state index < -0.39 is 15.9 Å². The number of nitrogens with one attached hydrogen (secondary N) is 2. The van der Waals surface area contributed by atoms with Crippen LogP contribution in [0.4, 0.5) is 5.69 Å². The molecule has 0 radical (unpaired) electrons. The van der Waals surface area contributed by atoms with Gasteiger partial charge in [0.2, 0.25) is 15.9 Å². The molecule has 2 aromatic rings. The molecule has 9 heteroatoms. The van der Waals surface area contributed by atoms with Crippen LogP contribution < -0.4 is 15.4 Å². The first-order valence-electron chi connectivity index (χ1n) is 10.6. The second kappa shape index (κ2) is 8.91. The Morgan fingerprint density at radius 1 is 1.25 bits per heavy atom. The summed E-state index contributed by atoms with van der Waals surface area (Å²) in [6, 6.07) is 11.0. The zero-order valence-electron chi connectivity index (χ0n) is 18.2. The smallest absolute Gasteiger partial charge is 0.262 e. The maximum atomic E-state index is 13.4. The number of carbonyl (C=O) groups excluding carboxylic acids is 2. The van der Waals surface area contributed by atoms with Gasteiger partial charge in [-0.1, -0.05) is 29.8 Å². The van der Waals surface area contributed by atoms with E-state index in [1.165, 1.54) is 10.4 Å². The van der Waals surface area contributed by atoms with Gasteiger partial charge in [0.1, 0.15) is 5.75 Å². The normalized spacial score (nSPS) is 18.9. The van der Waals surface area contributed by atoms with E-state index in [4.69, 9.17) is 4.74 Å². The third-order valence-corrected chi connectivity index (χ3v) is 7.84. The molecule has 170 valence electrons. The highest BCUT2D eigenvalue weighted by molar-refractivity contribution is 7.89. The molecule has 0 aliphatic carbocycles. The molecule has 0 aromatic heterocycles. The molecular formula is C23H27N3O5S. The number of carbonyl (C=O) groups is 2. The molecule has 2 aliphatic heterocycles. The van der Waals surface area contributed by atoms with Crippen LogP contribution in [0.15, 0.2) is 41.3 Å². The third-order valence-electron chi connectivity index (χ3n) is 5.83. The average molecular weight is 458 g/mol. The Morgan fingerprint density at radius 3 is 2.84 bits per heavy atom. The molecule has 0 saturated carbocycles. The van der Waals surface area contributed by atoms with Crippen LogP contribution in [0.5, 0.6) is 5.75 Å². The van der Waals surface area contributed by atoms with E-state index in [-0.39, 0.29) is 29.9 Å². The molecule has 1 fully saturated rings. The second-order valence-corrected chi connectivity index (χ2v) is 10.3. The largest absolute Gasteiger partial charge is 0.482 e. The Labute approximate surface area is 188 Å². The lowest BCUT2D eigenvalue weighted by Gasteiger charge is -2.32. The summed E-state index contributed by atoms with van der Waals surface area (Å²) in [5.41, 5.74) is 3.11. The SMILES string of the molecule is Cc1cccc(CNC(=O)C2CCCN(S(=O)(=O)c3cc4c(cc3C)NC(=O)CO4)C2)c1. The van der Waals surface area contributed by atoms with Gasteiger partial charge in [0, 0.05) is 25.7 Å². The Kier molecular flexibility index (Phi) is 6.21. The van der Waals surface area contributed by atoms with E-state index in [0.717, 1.165) is 11.1 Å². The summed E-state index contributed by atoms with van der Waals surface area (Å²) >= 11 is 0. The van der Waals surface area contributed by atoms with Gasteiger partial charge in [-0.05, 0) is 43.9 Å². The second-order valence-electron chi connectivity index (χ2n) is 8.36. The minimum absolute atomic E-state index is 0.133. The topological polar surface area (TPSA) is 105 Å². The summed E-state index contributed by atoms with van der Waals surface area (Å²) < 4.78 is 33.6. The molecule has 0 bridgehead atoms. The molecule has 2 heterocycles. The number of amides is 2. The summed E-state index contributed by atoms with van der Waals surface area (Å²) in [7, 11) is -3.82. The van der Waals surface area contributed by atoms with Gasteiger partial charge >= 0.3 is 0 Å². The lowest BCUT2D eigenvalue weighted by Crippen LogP contribution is -2.45. The van der Waals surface area contributed by atoms with Crippen LogP contribution in [0.25, 0.3) is 0 Å². The van der Waals surface area contributed by atoms with Crippen molar-refractivity contribution in [3.05, 3.63) is 53.1 Å². The molecule has 2 N–H and O–H groups in total. The van der Waals surface area contributed by atoms with Crippen LogP contribution in [0.1, 0.15) is 29.5 Å². The zero-order chi connectivity index (χ0) is 22.9. The van der Waals surface area contributed by atoms with E-state index in [9.17, 15) is 18.0 Å². The number of nitrogens with zero attached hydrogens (tertiary/aromatic N) is 1. The number of anilines is 1. The monoisotopic (exact) mass is 457 g/mol. The molecule has 2 aliphatic rings. The van der Waals surface area contributed by atoms with E-state index in [2.05, 4.69) is 10.6 Å². The van der Waals surface area contributed by atoms with E-state index in [1.807, 2.05) is 31.2 Å². The lowest BCUT2D eigenvalue weighted by atomic mass is 9.98. The quantitative estimate of drug-likeness (QED) is 0.717. The summed E-state index contributed by atoms with van der Waals surface area (Å²) in [5, 5.41) is 5.63. The van der Waals surface area contributed by atoms with Gasteiger partial charge in [0.25, 0.3) is 5.91 Å². The van der Waals surface area contributed by atoms with Crippen LogP contribution in [0.3, 0.4) is 0 Å². The standard InChI is InChI=1S/C23H27N3O5S/c1-15-5-3-6-17(9-15)12-24-23(28)18-7-4-8-26(13-18)32(29,30)21-11-20-19(10-16(21)2)25-22(27)14-31-20/h3,5-6,9-11,18H,4,7-8,12-14H2,1-2H3,(H,24,28)(H,25,27). The Balaban J connectivity index is 1.47. The van der Waals surface area contributed by atoms with E-state index in [0.29, 0.717) is 42.9 Å². The minimum Gasteiger partial charge on any atom is -0.482 e. The van der Waals surface area contributed by atoms with Crippen molar-refractivity contribution < 1.29 is 22.7 Å². The Hall–Kier alpha value is -2.91. The number of rotatable bonds is 5. The Morgan fingerprint density at radius 2 is 2.06 bits per heavy atom.